The minimum absolute atomic E-state index is 0.0532. The van der Waals surface area contributed by atoms with E-state index in [4.69, 9.17) is 14.2 Å². The number of amides is 3. The van der Waals surface area contributed by atoms with Crippen LogP contribution in [0.4, 0.5) is 17.1 Å². The lowest BCUT2D eigenvalue weighted by atomic mass is 9.82. The van der Waals surface area contributed by atoms with Crippen LogP contribution in [-0.2, 0) is 44.2 Å². The number of aliphatic hydroxyl groups is 1. The van der Waals surface area contributed by atoms with Gasteiger partial charge in [-0.1, -0.05) is 91.9 Å². The molecule has 1 fully saturated rings. The van der Waals surface area contributed by atoms with Crippen molar-refractivity contribution in [2.24, 2.45) is 5.92 Å². The summed E-state index contributed by atoms with van der Waals surface area (Å²) < 4.78 is 18.6. The molecular weight excluding hydrogens is 759 g/mol. The molecule has 59 heavy (non-hydrogen) atoms. The van der Waals surface area contributed by atoms with E-state index in [1.165, 1.54) is 0 Å². The van der Waals surface area contributed by atoms with Gasteiger partial charge < -0.3 is 29.1 Å². The number of hydrogen-bond donors (Lipinski definition) is 1. The summed E-state index contributed by atoms with van der Waals surface area (Å²) in [6, 6.07) is 38.6. The van der Waals surface area contributed by atoms with Crippen LogP contribution in [0, 0.1) is 5.92 Å². The fourth-order valence-corrected chi connectivity index (χ4v) is 14.0. The van der Waals surface area contributed by atoms with Crippen LogP contribution in [-0.4, -0.2) is 69.3 Å². The van der Waals surface area contributed by atoms with Gasteiger partial charge in [-0.3, -0.25) is 19.3 Å². The summed E-state index contributed by atoms with van der Waals surface area (Å²) in [6.45, 7) is 7.17. The molecule has 3 aliphatic rings. The second-order valence-electron chi connectivity index (χ2n) is 16.4. The van der Waals surface area contributed by atoms with E-state index in [0.29, 0.717) is 35.7 Å². The Morgan fingerprint density at radius 1 is 0.881 bits per heavy atom. The zero-order valence-electron chi connectivity index (χ0n) is 34.2. The second kappa shape index (κ2) is 16.1. The standard InChI is InChI=1S/C48H51N3O7Si/c1-32-46(59(4,5)41-21-18-39(56-2)19-22-41)44(27-45(54)49-29-35-14-10-9-13-34(35)25-38(49)30-52)58-48(32)42-26-40(57-3)20-23-43(42)50(47(48)55)28-33-12-11-17-37(24-33)51(31-53)36-15-7-6-8-16-36/h6-24,26,31-32,38,44,46,52H,25,27-30H2,1-5H3/t32-,38-,44+,46-,48+/m0/s1. The Morgan fingerprint density at radius 3 is 2.25 bits per heavy atom. The van der Waals surface area contributed by atoms with Crippen molar-refractivity contribution in [1.29, 1.82) is 0 Å². The van der Waals surface area contributed by atoms with Crippen LogP contribution in [0.15, 0.2) is 121 Å². The molecule has 3 aliphatic heterocycles. The molecule has 11 heteroatoms. The van der Waals surface area contributed by atoms with Crippen molar-refractivity contribution >= 4 is 48.5 Å². The van der Waals surface area contributed by atoms with Gasteiger partial charge in [0.1, 0.15) is 11.5 Å². The highest BCUT2D eigenvalue weighted by molar-refractivity contribution is 6.91. The average molecular weight is 810 g/mol. The van der Waals surface area contributed by atoms with Gasteiger partial charge in [0.05, 0.1) is 59.7 Å². The molecule has 3 amide bonds. The van der Waals surface area contributed by atoms with E-state index in [-0.39, 0.29) is 48.9 Å². The third-order valence-electron chi connectivity index (χ3n) is 13.0. The van der Waals surface area contributed by atoms with Gasteiger partial charge in [-0.2, -0.15) is 0 Å². The highest BCUT2D eigenvalue weighted by Crippen LogP contribution is 2.60. The predicted octanol–water partition coefficient (Wildman–Crippen LogP) is 7.10. The van der Waals surface area contributed by atoms with Crippen molar-refractivity contribution in [3.8, 4) is 11.5 Å². The van der Waals surface area contributed by atoms with Gasteiger partial charge in [0.2, 0.25) is 12.3 Å². The minimum Gasteiger partial charge on any atom is -0.497 e. The van der Waals surface area contributed by atoms with Gasteiger partial charge in [0.25, 0.3) is 5.91 Å². The molecule has 5 aromatic rings. The Balaban J connectivity index is 1.19. The fraction of sp³-hybridized carbons (Fsp3) is 0.312. The number of nitrogens with zero attached hydrogens (tertiary/aromatic N) is 3. The lowest BCUT2D eigenvalue weighted by Crippen LogP contribution is -2.52. The number of anilines is 3. The summed E-state index contributed by atoms with van der Waals surface area (Å²) in [4.78, 5) is 47.7. The van der Waals surface area contributed by atoms with Crippen molar-refractivity contribution in [2.45, 2.75) is 69.2 Å². The van der Waals surface area contributed by atoms with Gasteiger partial charge in [0, 0.05) is 29.4 Å². The molecule has 5 atom stereocenters. The Bertz CT molecular complexity index is 2350. The largest absolute Gasteiger partial charge is 0.497 e. The third kappa shape index (κ3) is 7.00. The Labute approximate surface area is 346 Å². The zero-order chi connectivity index (χ0) is 41.5. The number of methoxy groups -OCH3 is 2. The molecule has 5 aromatic carbocycles. The van der Waals surface area contributed by atoms with Crippen LogP contribution in [0.3, 0.4) is 0 Å². The van der Waals surface area contributed by atoms with Crippen molar-refractivity contribution in [3.63, 3.8) is 0 Å². The topological polar surface area (TPSA) is 109 Å². The maximum Gasteiger partial charge on any atom is 0.264 e. The number of para-hydroxylation sites is 1. The van der Waals surface area contributed by atoms with Crippen molar-refractivity contribution < 1.29 is 33.7 Å². The molecule has 0 unspecified atom stereocenters. The first-order valence-corrected chi connectivity index (χ1v) is 23.3. The normalized spacial score (nSPS) is 22.2. The maximum absolute atomic E-state index is 15.5. The summed E-state index contributed by atoms with van der Waals surface area (Å²) in [5.41, 5.74) is 4.28. The molecule has 0 bridgehead atoms. The first-order chi connectivity index (χ1) is 28.5. The average Bonchev–Trinajstić information content (AvgIpc) is 3.69. The summed E-state index contributed by atoms with van der Waals surface area (Å²) in [5.74, 6) is 0.692. The zero-order valence-corrected chi connectivity index (χ0v) is 35.2. The van der Waals surface area contributed by atoms with Gasteiger partial charge >= 0.3 is 0 Å². The molecule has 1 N–H and O–H groups in total. The first-order valence-electron chi connectivity index (χ1n) is 20.2. The number of fused-ring (bicyclic) bond motifs is 3. The number of ether oxygens (including phenoxy) is 3. The SMILES string of the molecule is COc1ccc([Si](C)(C)[C@@H]2[C@@H](CC(=O)N3Cc4ccccc4C[C@H]3CO)O[C@]3(C(=O)N(Cc4cccc(N(C=O)c5ccccc5)c4)c4ccc(OC)cc43)[C@H]2C)cc1. The highest BCUT2D eigenvalue weighted by Gasteiger charge is 2.66. The molecule has 1 spiro atoms. The van der Waals surface area contributed by atoms with E-state index in [0.717, 1.165) is 39.7 Å². The fourth-order valence-electron chi connectivity index (χ4n) is 9.96. The van der Waals surface area contributed by atoms with Crippen molar-refractivity contribution in [3.05, 3.63) is 144 Å². The predicted molar refractivity (Wildman–Crippen MR) is 231 cm³/mol. The van der Waals surface area contributed by atoms with Crippen LogP contribution in [0.2, 0.25) is 18.6 Å². The molecule has 3 heterocycles. The number of aliphatic hydroxyl groups excluding tert-OH is 1. The molecule has 0 aliphatic carbocycles. The Kier molecular flexibility index (Phi) is 10.9. The van der Waals surface area contributed by atoms with Gasteiger partial charge in [0.15, 0.2) is 5.60 Å². The van der Waals surface area contributed by atoms with Crippen LogP contribution >= 0.6 is 0 Å². The Morgan fingerprint density at radius 2 is 1.56 bits per heavy atom. The van der Waals surface area contributed by atoms with Gasteiger partial charge in [-0.15, -0.1) is 0 Å². The van der Waals surface area contributed by atoms with Crippen LogP contribution in [0.25, 0.3) is 0 Å². The quantitative estimate of drug-likeness (QED) is 0.106. The van der Waals surface area contributed by atoms with E-state index in [9.17, 15) is 14.7 Å². The molecule has 10 nitrogen and oxygen atoms in total. The van der Waals surface area contributed by atoms with Crippen molar-refractivity contribution in [1.82, 2.24) is 4.90 Å². The number of hydrogen-bond acceptors (Lipinski definition) is 7. The highest BCUT2D eigenvalue weighted by atomic mass is 28.3. The van der Waals surface area contributed by atoms with E-state index in [2.05, 4.69) is 38.2 Å². The van der Waals surface area contributed by atoms with Crippen LogP contribution in [0.1, 0.15) is 35.6 Å². The third-order valence-corrected chi connectivity index (χ3v) is 17.3. The van der Waals surface area contributed by atoms with E-state index >= 15 is 4.79 Å². The molecule has 1 saturated heterocycles. The lowest BCUT2D eigenvalue weighted by molar-refractivity contribution is -0.151. The van der Waals surface area contributed by atoms with E-state index < -0.39 is 19.8 Å². The Hall–Kier alpha value is -5.75. The van der Waals surface area contributed by atoms with Crippen molar-refractivity contribution in [2.75, 3.05) is 30.6 Å². The molecule has 304 valence electrons. The van der Waals surface area contributed by atoms with E-state index in [1.54, 1.807) is 28.9 Å². The van der Waals surface area contributed by atoms with Crippen LogP contribution in [0.5, 0.6) is 11.5 Å². The number of benzene rings is 5. The maximum atomic E-state index is 15.5. The molecule has 0 saturated carbocycles. The van der Waals surface area contributed by atoms with Gasteiger partial charge in [-0.05, 0) is 83.2 Å². The molecule has 0 radical (unpaired) electrons. The number of rotatable bonds is 12. The number of carbonyl (C=O) groups is 3. The minimum atomic E-state index is -2.57. The monoisotopic (exact) mass is 809 g/mol. The summed E-state index contributed by atoms with van der Waals surface area (Å²) in [7, 11) is 0.689. The van der Waals surface area contributed by atoms with E-state index in [1.807, 2.05) is 103 Å². The summed E-state index contributed by atoms with van der Waals surface area (Å²) in [6.07, 6.45) is 0.799. The first kappa shape index (κ1) is 40.0. The lowest BCUT2D eigenvalue weighted by Gasteiger charge is -2.39. The summed E-state index contributed by atoms with van der Waals surface area (Å²) in [5, 5.41) is 11.7. The molecular formula is C48H51N3O7Si. The summed E-state index contributed by atoms with van der Waals surface area (Å²) >= 11 is 0. The molecule has 0 aromatic heterocycles. The molecule has 8 rings (SSSR count). The smallest absolute Gasteiger partial charge is 0.264 e. The van der Waals surface area contributed by atoms with Crippen LogP contribution < -0.4 is 24.5 Å². The van der Waals surface area contributed by atoms with Gasteiger partial charge in [-0.25, -0.2) is 0 Å². The number of carbonyl (C=O) groups excluding carboxylic acids is 3. The second-order valence-corrected chi connectivity index (χ2v) is 21.1.